The van der Waals surface area contributed by atoms with Gasteiger partial charge in [0.2, 0.25) is 0 Å². The van der Waals surface area contributed by atoms with Gasteiger partial charge in [-0.1, -0.05) is 48.5 Å². The number of H-pyrrole nitrogens is 1. The van der Waals surface area contributed by atoms with Gasteiger partial charge in [-0.05, 0) is 53.9 Å². The van der Waals surface area contributed by atoms with E-state index in [0.29, 0.717) is 6.61 Å². The number of rotatable bonds is 4. The van der Waals surface area contributed by atoms with E-state index in [1.165, 1.54) is 16.5 Å². The van der Waals surface area contributed by atoms with Crippen molar-refractivity contribution in [2.45, 2.75) is 13.5 Å². The van der Waals surface area contributed by atoms with Crippen LogP contribution in [0.25, 0.3) is 22.2 Å². The molecule has 0 unspecified atom stereocenters. The first-order valence-corrected chi connectivity index (χ1v) is 8.15. The van der Waals surface area contributed by atoms with Crippen molar-refractivity contribution in [1.29, 1.82) is 0 Å². The number of aromatic amines is 1. The number of nitrogens with one attached hydrogen (secondary N) is 1. The first-order chi connectivity index (χ1) is 11.8. The van der Waals surface area contributed by atoms with Crippen LogP contribution in [0.3, 0.4) is 0 Å². The monoisotopic (exact) mass is 313 g/mol. The Bertz CT molecular complexity index is 937. The number of hydrogen-bond donors (Lipinski definition) is 1. The summed E-state index contributed by atoms with van der Waals surface area (Å²) in [5, 5.41) is 1.23. The van der Waals surface area contributed by atoms with Gasteiger partial charge in [0.1, 0.15) is 12.4 Å². The largest absolute Gasteiger partial charge is 0.489 e. The maximum absolute atomic E-state index is 5.96. The Labute approximate surface area is 141 Å². The van der Waals surface area contributed by atoms with Gasteiger partial charge in [-0.25, -0.2) is 0 Å². The SMILES string of the molecule is Cc1cc(-c2cc3ccccc3[nH]2)ccc1OCc1ccccc1. The highest BCUT2D eigenvalue weighted by Crippen LogP contribution is 2.28. The molecule has 4 aromatic rings. The number of hydrogen-bond acceptors (Lipinski definition) is 1. The predicted octanol–water partition coefficient (Wildman–Crippen LogP) is 5.72. The average Bonchev–Trinajstić information content (AvgIpc) is 3.06. The van der Waals surface area contributed by atoms with Crippen LogP contribution >= 0.6 is 0 Å². The molecular weight excluding hydrogens is 294 g/mol. The molecule has 0 radical (unpaired) electrons. The molecule has 0 saturated heterocycles. The Hall–Kier alpha value is -3.00. The third-order valence-electron chi connectivity index (χ3n) is 4.25. The van der Waals surface area contributed by atoms with E-state index in [0.717, 1.165) is 22.5 Å². The summed E-state index contributed by atoms with van der Waals surface area (Å²) in [5.74, 6) is 0.929. The van der Waals surface area contributed by atoms with Crippen molar-refractivity contribution in [3.8, 4) is 17.0 Å². The molecule has 0 saturated carbocycles. The quantitative estimate of drug-likeness (QED) is 0.512. The Morgan fingerprint density at radius 1 is 0.833 bits per heavy atom. The highest BCUT2D eigenvalue weighted by atomic mass is 16.5. The highest BCUT2D eigenvalue weighted by molar-refractivity contribution is 5.85. The molecule has 118 valence electrons. The van der Waals surface area contributed by atoms with Crippen LogP contribution in [0.1, 0.15) is 11.1 Å². The molecule has 1 heterocycles. The molecule has 2 heteroatoms. The van der Waals surface area contributed by atoms with Crippen molar-refractivity contribution < 1.29 is 4.74 Å². The third-order valence-corrected chi connectivity index (χ3v) is 4.25. The summed E-state index contributed by atoms with van der Waals surface area (Å²) in [5.41, 5.74) is 5.79. The first-order valence-electron chi connectivity index (χ1n) is 8.15. The van der Waals surface area contributed by atoms with Crippen LogP contribution in [0, 0.1) is 6.92 Å². The van der Waals surface area contributed by atoms with Crippen molar-refractivity contribution in [1.82, 2.24) is 4.98 Å². The fourth-order valence-corrected chi connectivity index (χ4v) is 2.94. The molecule has 3 aromatic carbocycles. The second-order valence-corrected chi connectivity index (χ2v) is 6.02. The number of benzene rings is 3. The van der Waals surface area contributed by atoms with E-state index in [1.54, 1.807) is 0 Å². The number of aromatic nitrogens is 1. The zero-order valence-corrected chi connectivity index (χ0v) is 13.6. The van der Waals surface area contributed by atoms with Gasteiger partial charge in [-0.15, -0.1) is 0 Å². The van der Waals surface area contributed by atoms with E-state index in [2.05, 4.69) is 66.5 Å². The zero-order valence-electron chi connectivity index (χ0n) is 13.6. The summed E-state index contributed by atoms with van der Waals surface area (Å²) >= 11 is 0. The standard InChI is InChI=1S/C22H19NO/c1-16-13-19(21-14-18-9-5-6-10-20(18)23-21)11-12-22(16)24-15-17-7-3-2-4-8-17/h2-14,23H,15H2,1H3. The lowest BCUT2D eigenvalue weighted by molar-refractivity contribution is 0.304. The minimum atomic E-state index is 0.591. The minimum Gasteiger partial charge on any atom is -0.489 e. The third kappa shape index (κ3) is 2.91. The van der Waals surface area contributed by atoms with Gasteiger partial charge >= 0.3 is 0 Å². The molecule has 24 heavy (non-hydrogen) atoms. The topological polar surface area (TPSA) is 25.0 Å². The highest BCUT2D eigenvalue weighted by Gasteiger charge is 2.06. The van der Waals surface area contributed by atoms with Crippen LogP contribution in [-0.2, 0) is 6.61 Å². The fourth-order valence-electron chi connectivity index (χ4n) is 2.94. The Morgan fingerprint density at radius 2 is 1.62 bits per heavy atom. The normalized spacial score (nSPS) is 10.9. The molecular formula is C22H19NO. The molecule has 0 atom stereocenters. The van der Waals surface area contributed by atoms with Crippen LogP contribution < -0.4 is 4.74 Å². The summed E-state index contributed by atoms with van der Waals surface area (Å²) in [6.07, 6.45) is 0. The van der Waals surface area contributed by atoms with Crippen molar-refractivity contribution in [3.63, 3.8) is 0 Å². The van der Waals surface area contributed by atoms with E-state index in [4.69, 9.17) is 4.74 Å². The van der Waals surface area contributed by atoms with E-state index < -0.39 is 0 Å². The number of aryl methyl sites for hydroxylation is 1. The summed E-state index contributed by atoms with van der Waals surface area (Å²) < 4.78 is 5.96. The van der Waals surface area contributed by atoms with Gasteiger partial charge in [0.25, 0.3) is 0 Å². The first kappa shape index (κ1) is 14.6. The van der Waals surface area contributed by atoms with E-state index in [1.807, 2.05) is 24.3 Å². The minimum absolute atomic E-state index is 0.591. The summed E-state index contributed by atoms with van der Waals surface area (Å²) in [4.78, 5) is 3.48. The van der Waals surface area contributed by atoms with Gasteiger partial charge in [-0.2, -0.15) is 0 Å². The van der Waals surface area contributed by atoms with Gasteiger partial charge in [0.15, 0.2) is 0 Å². The van der Waals surface area contributed by atoms with Crippen molar-refractivity contribution >= 4 is 10.9 Å². The molecule has 0 aliphatic carbocycles. The molecule has 0 bridgehead atoms. The Kier molecular flexibility index (Phi) is 3.80. The number of fused-ring (bicyclic) bond motifs is 1. The van der Waals surface area contributed by atoms with Crippen LogP contribution in [0.15, 0.2) is 78.9 Å². The maximum atomic E-state index is 5.96. The maximum Gasteiger partial charge on any atom is 0.122 e. The van der Waals surface area contributed by atoms with E-state index in [9.17, 15) is 0 Å². The molecule has 4 rings (SSSR count). The van der Waals surface area contributed by atoms with Crippen LogP contribution in [-0.4, -0.2) is 4.98 Å². The Morgan fingerprint density at radius 3 is 2.42 bits per heavy atom. The van der Waals surface area contributed by atoms with Crippen molar-refractivity contribution in [2.75, 3.05) is 0 Å². The summed E-state index contributed by atoms with van der Waals surface area (Å²) in [6, 6.07) is 27.1. The van der Waals surface area contributed by atoms with Crippen LogP contribution in [0.4, 0.5) is 0 Å². The van der Waals surface area contributed by atoms with Gasteiger partial charge in [-0.3, -0.25) is 0 Å². The molecule has 0 aliphatic heterocycles. The molecule has 0 fully saturated rings. The van der Waals surface area contributed by atoms with Gasteiger partial charge < -0.3 is 9.72 Å². The second-order valence-electron chi connectivity index (χ2n) is 6.02. The molecule has 2 nitrogen and oxygen atoms in total. The number of ether oxygens (including phenoxy) is 1. The summed E-state index contributed by atoms with van der Waals surface area (Å²) in [6.45, 7) is 2.68. The smallest absolute Gasteiger partial charge is 0.122 e. The fraction of sp³-hybridized carbons (Fsp3) is 0.0909. The molecule has 0 spiro atoms. The predicted molar refractivity (Wildman–Crippen MR) is 99.2 cm³/mol. The van der Waals surface area contributed by atoms with E-state index in [-0.39, 0.29) is 0 Å². The van der Waals surface area contributed by atoms with Crippen LogP contribution in [0.2, 0.25) is 0 Å². The van der Waals surface area contributed by atoms with E-state index >= 15 is 0 Å². The number of para-hydroxylation sites is 1. The van der Waals surface area contributed by atoms with Gasteiger partial charge in [0.05, 0.1) is 0 Å². The van der Waals surface area contributed by atoms with Crippen LogP contribution in [0.5, 0.6) is 5.75 Å². The average molecular weight is 313 g/mol. The molecule has 0 amide bonds. The second kappa shape index (κ2) is 6.25. The molecule has 1 N–H and O–H groups in total. The van der Waals surface area contributed by atoms with Crippen molar-refractivity contribution in [2.24, 2.45) is 0 Å². The molecule has 1 aromatic heterocycles. The summed E-state index contributed by atoms with van der Waals surface area (Å²) in [7, 11) is 0. The lowest BCUT2D eigenvalue weighted by Crippen LogP contribution is -1.96. The zero-order chi connectivity index (χ0) is 16.4. The molecule has 0 aliphatic rings. The Balaban J connectivity index is 1.57. The van der Waals surface area contributed by atoms with Crippen molar-refractivity contribution in [3.05, 3.63) is 90.0 Å². The lowest BCUT2D eigenvalue weighted by atomic mass is 10.1. The lowest BCUT2D eigenvalue weighted by Gasteiger charge is -2.10. The van der Waals surface area contributed by atoms with Gasteiger partial charge in [0, 0.05) is 16.6 Å².